The van der Waals surface area contributed by atoms with E-state index in [2.05, 4.69) is 25.8 Å². The molecule has 13 heteroatoms. The van der Waals surface area contributed by atoms with E-state index in [0.29, 0.717) is 21.8 Å². The fourth-order valence-electron chi connectivity index (χ4n) is 3.24. The van der Waals surface area contributed by atoms with Crippen LogP contribution in [0, 0.1) is 6.92 Å². The lowest BCUT2D eigenvalue weighted by Crippen LogP contribution is -2.26. The number of amides is 2. The van der Waals surface area contributed by atoms with Gasteiger partial charge in [0.2, 0.25) is 0 Å². The van der Waals surface area contributed by atoms with Crippen molar-refractivity contribution in [1.82, 2.24) is 29.7 Å². The summed E-state index contributed by atoms with van der Waals surface area (Å²) in [5.41, 5.74) is -0.625. The zero-order valence-electron chi connectivity index (χ0n) is 17.1. The van der Waals surface area contributed by atoms with Crippen molar-refractivity contribution in [1.29, 1.82) is 0 Å². The third kappa shape index (κ3) is 4.00. The van der Waals surface area contributed by atoms with Crippen LogP contribution in [0.25, 0.3) is 11.3 Å². The normalized spacial score (nSPS) is 11.6. The van der Waals surface area contributed by atoms with Crippen molar-refractivity contribution in [3.05, 3.63) is 70.4 Å². The fourth-order valence-corrected chi connectivity index (χ4v) is 3.44. The maximum absolute atomic E-state index is 13.4. The fraction of sp³-hybridized carbons (Fsp3) is 0.150. The quantitative estimate of drug-likeness (QED) is 0.468. The molecule has 0 aliphatic rings. The standard InChI is InChI=1S/C20H15ClF3N7O2/c1-10-8-11-5-7-27-30(11)16(19(33)25-2)15(10)28-18(32)13-9-14(20(22,23)24)29-31(13)17-12(21)4-3-6-26-17/h3-9H,1-2H3,(H,25,33)(H,28,32). The summed E-state index contributed by atoms with van der Waals surface area (Å²) in [5, 5.41) is 12.6. The molecule has 0 aromatic carbocycles. The molecule has 0 saturated heterocycles. The minimum absolute atomic E-state index is 0.00355. The lowest BCUT2D eigenvalue weighted by atomic mass is 10.1. The number of carbonyl (C=O) groups excluding carboxylic acids is 2. The molecule has 0 aliphatic heterocycles. The molecule has 4 aromatic heterocycles. The van der Waals surface area contributed by atoms with Crippen molar-refractivity contribution < 1.29 is 22.8 Å². The van der Waals surface area contributed by atoms with E-state index in [1.54, 1.807) is 19.1 Å². The number of rotatable bonds is 4. The topological polar surface area (TPSA) is 106 Å². The zero-order chi connectivity index (χ0) is 23.9. The maximum Gasteiger partial charge on any atom is 0.435 e. The average Bonchev–Trinajstić information content (AvgIpc) is 3.41. The van der Waals surface area contributed by atoms with Gasteiger partial charge in [-0.1, -0.05) is 11.6 Å². The SMILES string of the molecule is CNC(=O)c1c(NC(=O)c2cc(C(F)(F)F)nn2-c2ncccc2Cl)c(C)cc2ccnn12. The lowest BCUT2D eigenvalue weighted by Gasteiger charge is -2.15. The zero-order valence-corrected chi connectivity index (χ0v) is 17.9. The lowest BCUT2D eigenvalue weighted by molar-refractivity contribution is -0.141. The number of fused-ring (bicyclic) bond motifs is 1. The van der Waals surface area contributed by atoms with Gasteiger partial charge in [-0.2, -0.15) is 23.4 Å². The molecule has 170 valence electrons. The number of hydrogen-bond acceptors (Lipinski definition) is 5. The summed E-state index contributed by atoms with van der Waals surface area (Å²) >= 11 is 6.08. The first kappa shape index (κ1) is 22.3. The summed E-state index contributed by atoms with van der Waals surface area (Å²) in [4.78, 5) is 29.7. The van der Waals surface area contributed by atoms with E-state index in [1.807, 2.05) is 0 Å². The molecular weight excluding hydrogens is 463 g/mol. The first-order chi connectivity index (χ1) is 15.6. The largest absolute Gasteiger partial charge is 0.435 e. The Bertz CT molecular complexity index is 1390. The van der Waals surface area contributed by atoms with E-state index < -0.39 is 29.4 Å². The van der Waals surface area contributed by atoms with E-state index in [1.165, 1.54) is 36.1 Å². The Morgan fingerprint density at radius 2 is 1.88 bits per heavy atom. The molecule has 4 heterocycles. The van der Waals surface area contributed by atoms with Crippen LogP contribution < -0.4 is 10.6 Å². The molecule has 33 heavy (non-hydrogen) atoms. The molecule has 0 aliphatic carbocycles. The maximum atomic E-state index is 13.4. The Morgan fingerprint density at radius 1 is 1.12 bits per heavy atom. The van der Waals surface area contributed by atoms with Gasteiger partial charge in [-0.25, -0.2) is 14.2 Å². The number of aryl methyl sites for hydroxylation is 1. The summed E-state index contributed by atoms with van der Waals surface area (Å²) < 4.78 is 42.2. The molecular formula is C20H15ClF3N7O2. The Labute approximate surface area is 189 Å². The van der Waals surface area contributed by atoms with Crippen LogP contribution in [0.4, 0.5) is 18.9 Å². The Morgan fingerprint density at radius 3 is 2.55 bits per heavy atom. The van der Waals surface area contributed by atoms with Gasteiger partial charge in [0.1, 0.15) is 5.69 Å². The highest BCUT2D eigenvalue weighted by atomic mass is 35.5. The van der Waals surface area contributed by atoms with Crippen molar-refractivity contribution >= 4 is 34.6 Å². The average molecular weight is 478 g/mol. The minimum Gasteiger partial charge on any atom is -0.354 e. The molecule has 0 fully saturated rings. The van der Waals surface area contributed by atoms with Gasteiger partial charge in [0.15, 0.2) is 17.2 Å². The number of nitrogens with zero attached hydrogens (tertiary/aromatic N) is 5. The van der Waals surface area contributed by atoms with Crippen LogP contribution in [0.15, 0.2) is 42.7 Å². The third-order valence-corrected chi connectivity index (χ3v) is 5.03. The number of alkyl halides is 3. The Kier molecular flexibility index (Phi) is 5.54. The van der Waals surface area contributed by atoms with Crippen LogP contribution in [0.2, 0.25) is 5.02 Å². The third-order valence-electron chi connectivity index (χ3n) is 4.73. The van der Waals surface area contributed by atoms with Gasteiger partial charge >= 0.3 is 6.18 Å². The minimum atomic E-state index is -4.82. The van der Waals surface area contributed by atoms with Crippen molar-refractivity contribution in [3.8, 4) is 5.82 Å². The molecule has 9 nitrogen and oxygen atoms in total. The van der Waals surface area contributed by atoms with Crippen molar-refractivity contribution in [2.75, 3.05) is 12.4 Å². The number of carbonyl (C=O) groups is 2. The first-order valence-corrected chi connectivity index (χ1v) is 9.78. The highest BCUT2D eigenvalue weighted by molar-refractivity contribution is 6.32. The Balaban J connectivity index is 1.86. The molecule has 2 amide bonds. The van der Waals surface area contributed by atoms with Crippen LogP contribution >= 0.6 is 11.6 Å². The molecule has 2 N–H and O–H groups in total. The number of nitrogens with one attached hydrogen (secondary N) is 2. The second-order valence-electron chi connectivity index (χ2n) is 6.89. The van der Waals surface area contributed by atoms with E-state index >= 15 is 0 Å². The summed E-state index contributed by atoms with van der Waals surface area (Å²) in [7, 11) is 1.40. The highest BCUT2D eigenvalue weighted by Crippen LogP contribution is 2.31. The van der Waals surface area contributed by atoms with Crippen molar-refractivity contribution in [3.63, 3.8) is 0 Å². The molecule has 0 saturated carbocycles. The molecule has 4 rings (SSSR count). The first-order valence-electron chi connectivity index (χ1n) is 9.40. The van der Waals surface area contributed by atoms with Gasteiger partial charge < -0.3 is 10.6 Å². The predicted octanol–water partition coefficient (Wildman–Crippen LogP) is 3.51. The van der Waals surface area contributed by atoms with Gasteiger partial charge in [0.05, 0.1) is 22.4 Å². The van der Waals surface area contributed by atoms with Crippen LogP contribution in [0.3, 0.4) is 0 Å². The molecule has 0 radical (unpaired) electrons. The van der Waals surface area contributed by atoms with Gasteiger partial charge in [-0.3, -0.25) is 9.59 Å². The van der Waals surface area contributed by atoms with E-state index in [0.717, 1.165) is 0 Å². The smallest absolute Gasteiger partial charge is 0.354 e. The number of pyridine rings is 2. The highest BCUT2D eigenvalue weighted by Gasteiger charge is 2.37. The molecule has 4 aromatic rings. The summed E-state index contributed by atoms with van der Waals surface area (Å²) in [6.07, 6.45) is -2.05. The van der Waals surface area contributed by atoms with Crippen molar-refractivity contribution in [2.24, 2.45) is 0 Å². The number of aromatic nitrogens is 5. The molecule has 0 unspecified atom stereocenters. The van der Waals surface area contributed by atoms with Crippen molar-refractivity contribution in [2.45, 2.75) is 13.1 Å². The number of anilines is 1. The number of hydrogen-bond donors (Lipinski definition) is 2. The molecule has 0 spiro atoms. The summed E-state index contributed by atoms with van der Waals surface area (Å²) in [6.45, 7) is 1.64. The summed E-state index contributed by atoms with van der Waals surface area (Å²) in [6, 6.07) is 6.81. The second kappa shape index (κ2) is 8.20. The Hall–Kier alpha value is -3.93. The van der Waals surface area contributed by atoms with E-state index in [-0.39, 0.29) is 22.2 Å². The van der Waals surface area contributed by atoms with Gasteiger partial charge in [0.25, 0.3) is 11.8 Å². The van der Waals surface area contributed by atoms with Crippen LogP contribution in [0.1, 0.15) is 32.2 Å². The van der Waals surface area contributed by atoms with E-state index in [4.69, 9.17) is 11.6 Å². The van der Waals surface area contributed by atoms with Crippen LogP contribution in [-0.2, 0) is 6.18 Å². The van der Waals surface area contributed by atoms with Gasteiger partial charge in [-0.15, -0.1) is 0 Å². The second-order valence-corrected chi connectivity index (χ2v) is 7.29. The van der Waals surface area contributed by atoms with Crippen LogP contribution in [-0.4, -0.2) is 43.2 Å². The molecule has 0 bridgehead atoms. The summed E-state index contributed by atoms with van der Waals surface area (Å²) in [5.74, 6) is -1.68. The predicted molar refractivity (Wildman–Crippen MR) is 113 cm³/mol. The number of halogens is 4. The molecule has 0 atom stereocenters. The van der Waals surface area contributed by atoms with E-state index in [9.17, 15) is 22.8 Å². The van der Waals surface area contributed by atoms with Gasteiger partial charge in [0, 0.05) is 19.3 Å². The van der Waals surface area contributed by atoms with Crippen LogP contribution in [0.5, 0.6) is 0 Å². The van der Waals surface area contributed by atoms with Gasteiger partial charge in [-0.05, 0) is 36.8 Å². The monoisotopic (exact) mass is 477 g/mol.